The number of aliphatic imine (C=N–C) groups is 1. The second kappa shape index (κ2) is 11.9. The van der Waals surface area contributed by atoms with Crippen molar-refractivity contribution < 1.29 is 0 Å². The third-order valence-corrected chi connectivity index (χ3v) is 5.36. The highest BCUT2D eigenvalue weighted by Crippen LogP contribution is 2.27. The van der Waals surface area contributed by atoms with Crippen LogP contribution in [-0.4, -0.2) is 61.6 Å². The second-order valence-corrected chi connectivity index (χ2v) is 7.55. The molecule has 2 aliphatic rings. The first-order valence-electron chi connectivity index (χ1n) is 10.3. The quantitative estimate of drug-likeness (QED) is 0.338. The first-order valence-corrected chi connectivity index (χ1v) is 10.3. The van der Waals surface area contributed by atoms with Gasteiger partial charge in [-0.15, -0.1) is 24.0 Å². The van der Waals surface area contributed by atoms with E-state index in [1.54, 1.807) is 0 Å². The lowest BCUT2D eigenvalue weighted by molar-refractivity contribution is 0.132. The number of benzene rings is 1. The van der Waals surface area contributed by atoms with Crippen LogP contribution in [-0.2, 0) is 13.1 Å². The maximum atomic E-state index is 4.73. The van der Waals surface area contributed by atoms with Gasteiger partial charge in [-0.3, -0.25) is 4.90 Å². The Morgan fingerprint density at radius 2 is 1.59 bits per heavy atom. The Labute approximate surface area is 182 Å². The minimum atomic E-state index is 0. The van der Waals surface area contributed by atoms with E-state index in [9.17, 15) is 0 Å². The van der Waals surface area contributed by atoms with Gasteiger partial charge in [0, 0.05) is 45.8 Å². The Bertz CT molecular complexity index is 562. The van der Waals surface area contributed by atoms with Crippen molar-refractivity contribution in [3.8, 4) is 0 Å². The summed E-state index contributed by atoms with van der Waals surface area (Å²) in [6, 6.07) is 8.99. The standard InChI is InChI=1S/C21H35N5.HI/c1-3-22-21(23-15-18-5-6-18)24-16-19-7-9-20(10-8-19)17-26-13-11-25(4-2)12-14-26;/h7-10,18H,3-6,11-17H2,1-2H3,(H2,22,23,24);1H. The molecule has 6 heteroatoms. The Morgan fingerprint density at radius 1 is 0.963 bits per heavy atom. The molecule has 1 aromatic rings. The summed E-state index contributed by atoms with van der Waals surface area (Å²) in [7, 11) is 0. The molecule has 0 radical (unpaired) electrons. The van der Waals surface area contributed by atoms with E-state index in [1.807, 2.05) is 0 Å². The van der Waals surface area contributed by atoms with Gasteiger partial charge in [0.05, 0.1) is 6.54 Å². The molecule has 1 saturated carbocycles. The van der Waals surface area contributed by atoms with Crippen LogP contribution < -0.4 is 10.6 Å². The molecule has 2 N–H and O–H groups in total. The highest BCUT2D eigenvalue weighted by Gasteiger charge is 2.21. The largest absolute Gasteiger partial charge is 0.357 e. The number of rotatable bonds is 8. The van der Waals surface area contributed by atoms with E-state index < -0.39 is 0 Å². The van der Waals surface area contributed by atoms with Crippen molar-refractivity contribution in [3.63, 3.8) is 0 Å². The number of nitrogens with zero attached hydrogens (tertiary/aromatic N) is 3. The van der Waals surface area contributed by atoms with Crippen LogP contribution in [0.1, 0.15) is 37.8 Å². The molecule has 0 amide bonds. The van der Waals surface area contributed by atoms with Gasteiger partial charge < -0.3 is 15.5 Å². The molecule has 0 atom stereocenters. The van der Waals surface area contributed by atoms with Gasteiger partial charge in [-0.25, -0.2) is 4.99 Å². The lowest BCUT2D eigenvalue weighted by Crippen LogP contribution is -2.45. The van der Waals surface area contributed by atoms with Crippen LogP contribution in [0.25, 0.3) is 0 Å². The molecular weight excluding hydrogens is 449 g/mol. The van der Waals surface area contributed by atoms with Gasteiger partial charge in [-0.05, 0) is 43.4 Å². The molecule has 0 aromatic heterocycles. The lowest BCUT2D eigenvalue weighted by Gasteiger charge is -2.34. The smallest absolute Gasteiger partial charge is 0.191 e. The van der Waals surface area contributed by atoms with Crippen LogP contribution in [0, 0.1) is 5.92 Å². The summed E-state index contributed by atoms with van der Waals surface area (Å²) in [6.45, 7) is 14.0. The van der Waals surface area contributed by atoms with Crippen LogP contribution in [0.4, 0.5) is 0 Å². The number of nitrogens with one attached hydrogen (secondary N) is 2. The zero-order valence-corrected chi connectivity index (χ0v) is 19.2. The maximum absolute atomic E-state index is 4.73. The molecule has 1 aromatic carbocycles. The summed E-state index contributed by atoms with van der Waals surface area (Å²) >= 11 is 0. The normalized spacial score (nSPS) is 18.8. The zero-order valence-electron chi connectivity index (χ0n) is 16.9. The Kier molecular flexibility index (Phi) is 9.86. The summed E-state index contributed by atoms with van der Waals surface area (Å²) in [5, 5.41) is 6.79. The molecule has 0 spiro atoms. The molecular formula is C21H36IN5. The maximum Gasteiger partial charge on any atom is 0.191 e. The average molecular weight is 485 g/mol. The van der Waals surface area contributed by atoms with Crippen LogP contribution in [0.3, 0.4) is 0 Å². The summed E-state index contributed by atoms with van der Waals surface area (Å²) in [5.41, 5.74) is 2.68. The predicted octanol–water partition coefficient (Wildman–Crippen LogP) is 2.91. The summed E-state index contributed by atoms with van der Waals surface area (Å²) in [6.07, 6.45) is 2.72. The monoisotopic (exact) mass is 485 g/mol. The minimum Gasteiger partial charge on any atom is -0.357 e. The second-order valence-electron chi connectivity index (χ2n) is 7.55. The van der Waals surface area contributed by atoms with Crippen LogP contribution in [0.2, 0.25) is 0 Å². The van der Waals surface area contributed by atoms with Gasteiger partial charge >= 0.3 is 0 Å². The molecule has 1 aliphatic carbocycles. The number of likely N-dealkylation sites (N-methyl/N-ethyl adjacent to an activating group) is 1. The summed E-state index contributed by atoms with van der Waals surface area (Å²) < 4.78 is 0. The van der Waals surface area contributed by atoms with Gasteiger partial charge in [-0.1, -0.05) is 31.2 Å². The molecule has 27 heavy (non-hydrogen) atoms. The van der Waals surface area contributed by atoms with Crippen LogP contribution in [0.15, 0.2) is 29.3 Å². The van der Waals surface area contributed by atoms with Crippen molar-refractivity contribution in [2.45, 2.75) is 39.8 Å². The molecule has 152 valence electrons. The highest BCUT2D eigenvalue weighted by molar-refractivity contribution is 14.0. The molecule has 0 bridgehead atoms. The number of piperazine rings is 1. The fraction of sp³-hybridized carbons (Fsp3) is 0.667. The van der Waals surface area contributed by atoms with Crippen molar-refractivity contribution in [2.75, 3.05) is 45.8 Å². The molecule has 0 unspecified atom stereocenters. The van der Waals surface area contributed by atoms with Gasteiger partial charge in [-0.2, -0.15) is 0 Å². The fourth-order valence-corrected chi connectivity index (χ4v) is 3.35. The summed E-state index contributed by atoms with van der Waals surface area (Å²) in [4.78, 5) is 9.81. The van der Waals surface area contributed by atoms with Crippen molar-refractivity contribution in [2.24, 2.45) is 10.9 Å². The highest BCUT2D eigenvalue weighted by atomic mass is 127. The van der Waals surface area contributed by atoms with Crippen LogP contribution in [0.5, 0.6) is 0 Å². The van der Waals surface area contributed by atoms with Crippen LogP contribution >= 0.6 is 24.0 Å². The Hall–Kier alpha value is -0.860. The third-order valence-electron chi connectivity index (χ3n) is 5.36. The number of hydrogen-bond acceptors (Lipinski definition) is 3. The van der Waals surface area contributed by atoms with Gasteiger partial charge in [0.15, 0.2) is 5.96 Å². The summed E-state index contributed by atoms with van der Waals surface area (Å²) in [5.74, 6) is 1.80. The first kappa shape index (κ1) is 22.4. The lowest BCUT2D eigenvalue weighted by atomic mass is 10.1. The molecule has 1 aliphatic heterocycles. The number of guanidine groups is 1. The Morgan fingerprint density at radius 3 is 2.19 bits per heavy atom. The van der Waals surface area contributed by atoms with Crippen molar-refractivity contribution in [1.82, 2.24) is 20.4 Å². The number of halogens is 1. The van der Waals surface area contributed by atoms with E-state index in [4.69, 9.17) is 4.99 Å². The number of hydrogen-bond donors (Lipinski definition) is 2. The van der Waals surface area contributed by atoms with Crippen molar-refractivity contribution in [1.29, 1.82) is 0 Å². The zero-order chi connectivity index (χ0) is 18.2. The Balaban J connectivity index is 0.00000261. The van der Waals surface area contributed by atoms with Gasteiger partial charge in [0.2, 0.25) is 0 Å². The van der Waals surface area contributed by atoms with E-state index in [1.165, 1.54) is 56.7 Å². The first-order chi connectivity index (χ1) is 12.8. The van der Waals surface area contributed by atoms with E-state index in [0.717, 1.165) is 38.1 Å². The fourth-order valence-electron chi connectivity index (χ4n) is 3.35. The van der Waals surface area contributed by atoms with Crippen molar-refractivity contribution >= 4 is 29.9 Å². The topological polar surface area (TPSA) is 42.9 Å². The van der Waals surface area contributed by atoms with Crippen molar-refractivity contribution in [3.05, 3.63) is 35.4 Å². The molecule has 3 rings (SSSR count). The van der Waals surface area contributed by atoms with Gasteiger partial charge in [0.1, 0.15) is 0 Å². The third kappa shape index (κ3) is 7.95. The molecule has 5 nitrogen and oxygen atoms in total. The van der Waals surface area contributed by atoms with Gasteiger partial charge in [0.25, 0.3) is 0 Å². The molecule has 2 fully saturated rings. The minimum absolute atomic E-state index is 0. The molecule has 1 heterocycles. The predicted molar refractivity (Wildman–Crippen MR) is 125 cm³/mol. The van der Waals surface area contributed by atoms with E-state index >= 15 is 0 Å². The molecule has 1 saturated heterocycles. The van der Waals surface area contributed by atoms with E-state index in [2.05, 4.69) is 58.5 Å². The SMILES string of the molecule is CCNC(=NCc1ccc(CN2CCN(CC)CC2)cc1)NCC1CC1.I. The average Bonchev–Trinajstić information content (AvgIpc) is 3.50. The van der Waals surface area contributed by atoms with E-state index in [-0.39, 0.29) is 24.0 Å². The van der Waals surface area contributed by atoms with E-state index in [0.29, 0.717) is 0 Å².